The maximum absolute atomic E-state index is 12.9. The minimum Gasteiger partial charge on any atom is -0.362 e. The van der Waals surface area contributed by atoms with Crippen LogP contribution < -0.4 is 9.62 Å². The van der Waals surface area contributed by atoms with E-state index in [1.807, 2.05) is 4.90 Å². The van der Waals surface area contributed by atoms with Crippen molar-refractivity contribution in [3.05, 3.63) is 63.2 Å². The molecule has 1 amide bonds. The summed E-state index contributed by atoms with van der Waals surface area (Å²) in [6, 6.07) is 10.9. The molecular weight excluding hydrogens is 444 g/mol. The number of nitro groups is 1. The van der Waals surface area contributed by atoms with Gasteiger partial charge in [0.15, 0.2) is 0 Å². The number of carbonyl (C=O) groups is 1. The Morgan fingerprint density at radius 2 is 1.87 bits per heavy atom. The van der Waals surface area contributed by atoms with Crippen LogP contribution in [0, 0.1) is 10.1 Å². The second-order valence-electron chi connectivity index (χ2n) is 7.17. The van der Waals surface area contributed by atoms with Crippen molar-refractivity contribution in [2.75, 3.05) is 41.6 Å². The molecule has 31 heavy (non-hydrogen) atoms. The molecule has 0 bridgehead atoms. The quantitative estimate of drug-likeness (QED) is 0.494. The van der Waals surface area contributed by atoms with Crippen molar-refractivity contribution in [3.63, 3.8) is 0 Å². The molecular formula is C20H23ClN4O5S. The van der Waals surface area contributed by atoms with Crippen LogP contribution in [-0.4, -0.2) is 56.1 Å². The molecule has 0 saturated carbocycles. The van der Waals surface area contributed by atoms with Gasteiger partial charge in [0.25, 0.3) is 11.6 Å². The van der Waals surface area contributed by atoms with Gasteiger partial charge >= 0.3 is 0 Å². The van der Waals surface area contributed by atoms with E-state index in [0.717, 1.165) is 0 Å². The topological polar surface area (TPSA) is 113 Å². The molecule has 1 fully saturated rings. The molecule has 0 aromatic heterocycles. The van der Waals surface area contributed by atoms with Gasteiger partial charge in [-0.15, -0.1) is 0 Å². The van der Waals surface area contributed by atoms with Crippen molar-refractivity contribution in [2.45, 2.75) is 13.3 Å². The van der Waals surface area contributed by atoms with Crippen molar-refractivity contribution >= 4 is 44.6 Å². The van der Waals surface area contributed by atoms with Crippen molar-refractivity contribution < 1.29 is 18.1 Å². The molecule has 1 N–H and O–H groups in total. The lowest BCUT2D eigenvalue weighted by Gasteiger charge is -2.35. The molecule has 11 heteroatoms. The highest BCUT2D eigenvalue weighted by Crippen LogP contribution is 2.31. The van der Waals surface area contributed by atoms with Crippen LogP contribution in [0.2, 0.25) is 5.02 Å². The SMILES string of the molecule is CCCS(=O)(=O)Nc1cccc(C(=O)N2CCN(c3ccc(Cl)cc3[N+](=O)[O-])CC2)c1. The Bertz CT molecular complexity index is 1080. The zero-order chi connectivity index (χ0) is 22.6. The van der Waals surface area contributed by atoms with Crippen molar-refractivity contribution in [2.24, 2.45) is 0 Å². The van der Waals surface area contributed by atoms with Crippen molar-refractivity contribution in [3.8, 4) is 0 Å². The number of hydrogen-bond acceptors (Lipinski definition) is 6. The average Bonchev–Trinajstić information content (AvgIpc) is 2.73. The van der Waals surface area contributed by atoms with Crippen molar-refractivity contribution in [1.29, 1.82) is 0 Å². The summed E-state index contributed by atoms with van der Waals surface area (Å²) >= 11 is 5.88. The predicted molar refractivity (Wildman–Crippen MR) is 120 cm³/mol. The number of rotatable bonds is 7. The van der Waals surface area contributed by atoms with E-state index in [1.165, 1.54) is 12.1 Å². The normalized spacial score (nSPS) is 14.4. The van der Waals surface area contributed by atoms with Gasteiger partial charge in [-0.25, -0.2) is 8.42 Å². The van der Waals surface area contributed by atoms with Crippen LogP contribution in [0.3, 0.4) is 0 Å². The van der Waals surface area contributed by atoms with Gasteiger partial charge in [0.1, 0.15) is 5.69 Å². The second kappa shape index (κ2) is 9.52. The summed E-state index contributed by atoms with van der Waals surface area (Å²) in [7, 11) is -3.45. The van der Waals surface area contributed by atoms with E-state index < -0.39 is 14.9 Å². The zero-order valence-corrected chi connectivity index (χ0v) is 18.5. The third-order valence-electron chi connectivity index (χ3n) is 4.90. The number of carbonyl (C=O) groups excluding carboxylic acids is 1. The first-order chi connectivity index (χ1) is 14.7. The predicted octanol–water partition coefficient (Wildman–Crippen LogP) is 3.36. The molecule has 0 atom stereocenters. The van der Waals surface area contributed by atoms with Gasteiger partial charge < -0.3 is 9.80 Å². The van der Waals surface area contributed by atoms with Crippen LogP contribution in [0.25, 0.3) is 0 Å². The lowest BCUT2D eigenvalue weighted by Crippen LogP contribution is -2.49. The molecule has 1 aliphatic heterocycles. The molecule has 0 radical (unpaired) electrons. The molecule has 0 unspecified atom stereocenters. The van der Waals surface area contributed by atoms with Crippen LogP contribution in [0.4, 0.5) is 17.1 Å². The smallest absolute Gasteiger partial charge is 0.294 e. The Labute approximate surface area is 185 Å². The Morgan fingerprint density at radius 1 is 1.16 bits per heavy atom. The second-order valence-corrected chi connectivity index (χ2v) is 9.45. The Balaban J connectivity index is 1.69. The number of sulfonamides is 1. The number of amides is 1. The molecule has 9 nitrogen and oxygen atoms in total. The van der Waals surface area contributed by atoms with Gasteiger partial charge in [-0.05, 0) is 36.8 Å². The fraction of sp³-hybridized carbons (Fsp3) is 0.350. The number of halogens is 1. The summed E-state index contributed by atoms with van der Waals surface area (Å²) in [5.41, 5.74) is 1.12. The number of nitro benzene ring substituents is 1. The summed E-state index contributed by atoms with van der Waals surface area (Å²) in [5.74, 6) is -0.217. The first kappa shape index (κ1) is 22.8. The highest BCUT2D eigenvalue weighted by molar-refractivity contribution is 7.92. The number of nitrogens with zero attached hydrogens (tertiary/aromatic N) is 3. The average molecular weight is 467 g/mol. The minimum absolute atomic E-state index is 0.00394. The summed E-state index contributed by atoms with van der Waals surface area (Å²) in [5, 5.41) is 11.6. The van der Waals surface area contributed by atoms with E-state index in [4.69, 9.17) is 11.6 Å². The summed E-state index contributed by atoms with van der Waals surface area (Å²) in [6.45, 7) is 3.39. The lowest BCUT2D eigenvalue weighted by atomic mass is 10.1. The minimum atomic E-state index is -3.45. The van der Waals surface area contributed by atoms with Crippen LogP contribution in [-0.2, 0) is 10.0 Å². The molecule has 166 valence electrons. The summed E-state index contributed by atoms with van der Waals surface area (Å²) < 4.78 is 26.4. The highest BCUT2D eigenvalue weighted by Gasteiger charge is 2.26. The molecule has 1 aliphatic rings. The number of benzene rings is 2. The lowest BCUT2D eigenvalue weighted by molar-refractivity contribution is -0.384. The molecule has 2 aromatic rings. The standard InChI is InChI=1S/C20H23ClN4O5S/c1-2-12-31(29,30)22-17-5-3-4-15(13-17)20(26)24-10-8-23(9-11-24)18-7-6-16(21)14-19(18)25(27)28/h3-7,13-14,22H,2,8-12H2,1H3. The van der Waals surface area contributed by atoms with E-state index in [-0.39, 0.29) is 17.3 Å². The van der Waals surface area contributed by atoms with E-state index in [2.05, 4.69) is 4.72 Å². The van der Waals surface area contributed by atoms with E-state index in [0.29, 0.717) is 54.6 Å². The number of hydrogen-bond donors (Lipinski definition) is 1. The Kier molecular flexibility index (Phi) is 7.01. The van der Waals surface area contributed by atoms with Gasteiger partial charge in [0, 0.05) is 48.5 Å². The Hall–Kier alpha value is -2.85. The van der Waals surface area contributed by atoms with Crippen LogP contribution >= 0.6 is 11.6 Å². The number of anilines is 2. The van der Waals surface area contributed by atoms with Gasteiger partial charge in [0.05, 0.1) is 10.7 Å². The van der Waals surface area contributed by atoms with Crippen LogP contribution in [0.1, 0.15) is 23.7 Å². The molecule has 0 spiro atoms. The number of piperazine rings is 1. The third-order valence-corrected chi connectivity index (χ3v) is 6.62. The van der Waals surface area contributed by atoms with Gasteiger partial charge in [0.2, 0.25) is 10.0 Å². The Morgan fingerprint density at radius 3 is 2.52 bits per heavy atom. The molecule has 1 saturated heterocycles. The third kappa shape index (κ3) is 5.65. The largest absolute Gasteiger partial charge is 0.362 e. The van der Waals surface area contributed by atoms with Gasteiger partial charge in [-0.1, -0.05) is 24.6 Å². The maximum atomic E-state index is 12.9. The van der Waals surface area contributed by atoms with Crippen molar-refractivity contribution in [1.82, 2.24) is 4.90 Å². The van der Waals surface area contributed by atoms with E-state index in [1.54, 1.807) is 42.2 Å². The van der Waals surface area contributed by atoms with Crippen LogP contribution in [0.5, 0.6) is 0 Å². The first-order valence-electron chi connectivity index (χ1n) is 9.79. The maximum Gasteiger partial charge on any atom is 0.294 e. The number of nitrogens with one attached hydrogen (secondary N) is 1. The van der Waals surface area contributed by atoms with Gasteiger partial charge in [-0.2, -0.15) is 0 Å². The fourth-order valence-electron chi connectivity index (χ4n) is 3.46. The van der Waals surface area contributed by atoms with E-state index in [9.17, 15) is 23.3 Å². The molecule has 2 aromatic carbocycles. The molecule has 0 aliphatic carbocycles. The summed E-state index contributed by atoms with van der Waals surface area (Å²) in [6.07, 6.45) is 0.490. The molecule has 1 heterocycles. The van der Waals surface area contributed by atoms with Gasteiger partial charge in [-0.3, -0.25) is 19.6 Å². The highest BCUT2D eigenvalue weighted by atomic mass is 35.5. The van der Waals surface area contributed by atoms with E-state index >= 15 is 0 Å². The first-order valence-corrected chi connectivity index (χ1v) is 11.8. The zero-order valence-electron chi connectivity index (χ0n) is 17.0. The van der Waals surface area contributed by atoms with Crippen LogP contribution in [0.15, 0.2) is 42.5 Å². The monoisotopic (exact) mass is 466 g/mol. The molecule has 3 rings (SSSR count). The fourth-order valence-corrected chi connectivity index (χ4v) is 4.75. The summed E-state index contributed by atoms with van der Waals surface area (Å²) in [4.78, 5) is 27.3.